The number of nitrogens with zero attached hydrogens (tertiary/aromatic N) is 2. The first-order valence-corrected chi connectivity index (χ1v) is 11.2. The fourth-order valence-electron chi connectivity index (χ4n) is 3.75. The van der Waals surface area contributed by atoms with Crippen molar-refractivity contribution >= 4 is 11.8 Å². The number of amides is 2. The van der Waals surface area contributed by atoms with Crippen molar-refractivity contribution in [2.75, 3.05) is 32.8 Å². The van der Waals surface area contributed by atoms with E-state index in [0.29, 0.717) is 51.2 Å². The molecule has 3 rings (SSSR count). The van der Waals surface area contributed by atoms with E-state index in [4.69, 9.17) is 4.74 Å². The molecule has 1 fully saturated rings. The van der Waals surface area contributed by atoms with Crippen LogP contribution in [-0.2, 0) is 10.2 Å². The van der Waals surface area contributed by atoms with Gasteiger partial charge in [-0.3, -0.25) is 9.59 Å². The first kappa shape index (κ1) is 22.9. The van der Waals surface area contributed by atoms with Gasteiger partial charge in [0.15, 0.2) is 0 Å². The lowest BCUT2D eigenvalue weighted by molar-refractivity contribution is -0.131. The molecule has 1 heterocycles. The molecule has 0 bridgehead atoms. The van der Waals surface area contributed by atoms with Gasteiger partial charge in [-0.1, -0.05) is 51.1 Å². The summed E-state index contributed by atoms with van der Waals surface area (Å²) >= 11 is 0. The first-order valence-electron chi connectivity index (χ1n) is 11.2. The third kappa shape index (κ3) is 6.58. The normalized spacial score (nSPS) is 14.8. The highest BCUT2D eigenvalue weighted by molar-refractivity contribution is 5.94. The molecule has 0 aliphatic carbocycles. The molecule has 0 saturated carbocycles. The Morgan fingerprint density at radius 3 is 2.19 bits per heavy atom. The van der Waals surface area contributed by atoms with Gasteiger partial charge in [0, 0.05) is 38.2 Å². The van der Waals surface area contributed by atoms with Crippen LogP contribution in [0.2, 0.25) is 0 Å². The summed E-state index contributed by atoms with van der Waals surface area (Å²) in [5.74, 6) is 1.01. The highest BCUT2D eigenvalue weighted by Gasteiger charge is 2.23. The molecule has 5 nitrogen and oxygen atoms in total. The molecular formula is C26H34N2O3. The summed E-state index contributed by atoms with van der Waals surface area (Å²) in [6, 6.07) is 17.6. The van der Waals surface area contributed by atoms with Crippen molar-refractivity contribution in [3.63, 3.8) is 0 Å². The van der Waals surface area contributed by atoms with Crippen molar-refractivity contribution in [1.82, 2.24) is 9.80 Å². The summed E-state index contributed by atoms with van der Waals surface area (Å²) in [5.41, 5.74) is 2.00. The highest BCUT2D eigenvalue weighted by atomic mass is 16.5. The molecule has 0 spiro atoms. The molecule has 0 unspecified atom stereocenters. The van der Waals surface area contributed by atoms with Crippen molar-refractivity contribution in [2.45, 2.75) is 45.4 Å². The zero-order valence-corrected chi connectivity index (χ0v) is 19.0. The van der Waals surface area contributed by atoms with E-state index in [1.165, 1.54) is 5.56 Å². The van der Waals surface area contributed by atoms with Gasteiger partial charge in [0.05, 0.1) is 6.61 Å². The van der Waals surface area contributed by atoms with Crippen molar-refractivity contribution in [1.29, 1.82) is 0 Å². The van der Waals surface area contributed by atoms with E-state index in [1.54, 1.807) is 0 Å². The van der Waals surface area contributed by atoms with Crippen LogP contribution in [0.5, 0.6) is 5.75 Å². The zero-order chi connectivity index (χ0) is 22.3. The van der Waals surface area contributed by atoms with Crippen molar-refractivity contribution in [2.24, 2.45) is 0 Å². The number of hydrogen-bond donors (Lipinski definition) is 0. The lowest BCUT2D eigenvalue weighted by Gasteiger charge is -2.23. The molecule has 0 radical (unpaired) electrons. The first-order chi connectivity index (χ1) is 14.8. The van der Waals surface area contributed by atoms with Gasteiger partial charge in [-0.05, 0) is 48.1 Å². The topological polar surface area (TPSA) is 49.9 Å². The van der Waals surface area contributed by atoms with Crippen LogP contribution in [0.3, 0.4) is 0 Å². The number of carbonyl (C=O) groups is 2. The van der Waals surface area contributed by atoms with Crippen LogP contribution in [0.4, 0.5) is 0 Å². The molecule has 2 amide bonds. The third-order valence-corrected chi connectivity index (χ3v) is 5.68. The molecule has 2 aromatic carbocycles. The fraction of sp³-hybridized carbons (Fsp3) is 0.462. The summed E-state index contributed by atoms with van der Waals surface area (Å²) in [6.07, 6.45) is 1.96. The average molecular weight is 423 g/mol. The van der Waals surface area contributed by atoms with Crippen LogP contribution < -0.4 is 4.74 Å². The lowest BCUT2D eigenvalue weighted by Crippen LogP contribution is -2.37. The second-order valence-electron chi connectivity index (χ2n) is 9.12. The predicted octanol–water partition coefficient (Wildman–Crippen LogP) is 4.52. The summed E-state index contributed by atoms with van der Waals surface area (Å²) in [6.45, 7) is 9.56. The van der Waals surface area contributed by atoms with Gasteiger partial charge in [0.25, 0.3) is 5.91 Å². The van der Waals surface area contributed by atoms with E-state index >= 15 is 0 Å². The van der Waals surface area contributed by atoms with E-state index in [0.717, 1.165) is 12.2 Å². The average Bonchev–Trinajstić information content (AvgIpc) is 3.03. The van der Waals surface area contributed by atoms with Crippen molar-refractivity contribution in [3.8, 4) is 5.75 Å². The number of benzene rings is 2. The lowest BCUT2D eigenvalue weighted by atomic mass is 9.86. The SMILES string of the molecule is CC(C)(C)c1ccc(C(=O)N2CCCN(C(=O)CCCOc3ccccc3)CC2)cc1. The van der Waals surface area contributed by atoms with E-state index in [9.17, 15) is 9.59 Å². The fourth-order valence-corrected chi connectivity index (χ4v) is 3.75. The standard InChI is InChI=1S/C26H34N2O3/c1-26(2,3)22-14-12-21(13-15-22)25(30)28-17-8-16-27(18-19-28)24(29)11-7-20-31-23-9-5-4-6-10-23/h4-6,9-10,12-15H,7-8,11,16-20H2,1-3H3. The zero-order valence-electron chi connectivity index (χ0n) is 19.0. The minimum absolute atomic E-state index is 0.0472. The van der Waals surface area contributed by atoms with E-state index < -0.39 is 0 Å². The minimum Gasteiger partial charge on any atom is -0.494 e. The Hall–Kier alpha value is -2.82. The van der Waals surface area contributed by atoms with Crippen LogP contribution in [0.15, 0.2) is 54.6 Å². The predicted molar refractivity (Wildman–Crippen MR) is 123 cm³/mol. The number of carbonyl (C=O) groups excluding carboxylic acids is 2. The molecule has 1 aliphatic rings. The second-order valence-corrected chi connectivity index (χ2v) is 9.12. The Kier molecular flexibility index (Phi) is 7.72. The molecule has 166 valence electrons. The highest BCUT2D eigenvalue weighted by Crippen LogP contribution is 2.22. The molecule has 31 heavy (non-hydrogen) atoms. The van der Waals surface area contributed by atoms with Crippen LogP contribution in [-0.4, -0.2) is 54.4 Å². The van der Waals surface area contributed by atoms with Gasteiger partial charge in [0.2, 0.25) is 5.91 Å². The minimum atomic E-state index is 0.0472. The Balaban J connectivity index is 1.45. The van der Waals surface area contributed by atoms with Crippen LogP contribution in [0.1, 0.15) is 56.0 Å². The Labute approximate surface area is 186 Å². The maximum atomic E-state index is 12.9. The monoisotopic (exact) mass is 422 g/mol. The van der Waals surface area contributed by atoms with Crippen LogP contribution in [0, 0.1) is 0 Å². The number of para-hydroxylation sites is 1. The summed E-state index contributed by atoms with van der Waals surface area (Å²) in [4.78, 5) is 29.3. The quantitative estimate of drug-likeness (QED) is 0.643. The van der Waals surface area contributed by atoms with Gasteiger partial charge in [0.1, 0.15) is 5.75 Å². The Morgan fingerprint density at radius 1 is 0.871 bits per heavy atom. The largest absolute Gasteiger partial charge is 0.494 e. The van der Waals surface area contributed by atoms with E-state index in [1.807, 2.05) is 64.4 Å². The molecule has 1 aliphatic heterocycles. The van der Waals surface area contributed by atoms with E-state index in [-0.39, 0.29) is 17.2 Å². The molecule has 1 saturated heterocycles. The van der Waals surface area contributed by atoms with Gasteiger partial charge in [-0.2, -0.15) is 0 Å². The summed E-state index contributed by atoms with van der Waals surface area (Å²) in [5, 5.41) is 0. The second kappa shape index (κ2) is 10.5. The molecule has 2 aromatic rings. The van der Waals surface area contributed by atoms with Crippen molar-refractivity contribution in [3.05, 3.63) is 65.7 Å². The van der Waals surface area contributed by atoms with Gasteiger partial charge in [-0.15, -0.1) is 0 Å². The van der Waals surface area contributed by atoms with E-state index in [2.05, 4.69) is 20.8 Å². The molecular weight excluding hydrogens is 388 g/mol. The van der Waals surface area contributed by atoms with Gasteiger partial charge >= 0.3 is 0 Å². The molecule has 0 atom stereocenters. The van der Waals surface area contributed by atoms with Crippen LogP contribution >= 0.6 is 0 Å². The number of rotatable bonds is 6. The Bertz CT molecular complexity index is 856. The van der Waals surface area contributed by atoms with Gasteiger partial charge in [-0.25, -0.2) is 0 Å². The molecule has 0 N–H and O–H groups in total. The maximum Gasteiger partial charge on any atom is 0.253 e. The van der Waals surface area contributed by atoms with Crippen LogP contribution in [0.25, 0.3) is 0 Å². The van der Waals surface area contributed by atoms with Crippen molar-refractivity contribution < 1.29 is 14.3 Å². The molecule has 0 aromatic heterocycles. The van der Waals surface area contributed by atoms with Gasteiger partial charge < -0.3 is 14.5 Å². The summed E-state index contributed by atoms with van der Waals surface area (Å²) < 4.78 is 5.67. The smallest absolute Gasteiger partial charge is 0.253 e. The third-order valence-electron chi connectivity index (χ3n) is 5.68. The molecule has 5 heteroatoms. The summed E-state index contributed by atoms with van der Waals surface area (Å²) in [7, 11) is 0. The number of hydrogen-bond acceptors (Lipinski definition) is 3. The number of ether oxygens (including phenoxy) is 1. The Morgan fingerprint density at radius 2 is 1.52 bits per heavy atom. The maximum absolute atomic E-state index is 12.9.